The van der Waals surface area contributed by atoms with Crippen molar-refractivity contribution in [3.8, 4) is 5.75 Å². The fraction of sp³-hybridized carbons (Fsp3) is 0.333. The van der Waals surface area contributed by atoms with E-state index in [1.54, 1.807) is 24.3 Å². The van der Waals surface area contributed by atoms with Crippen molar-refractivity contribution in [3.63, 3.8) is 0 Å². The molecule has 0 aliphatic rings. The number of rotatable bonds is 6. The summed E-state index contributed by atoms with van der Waals surface area (Å²) in [5.41, 5.74) is 2.09. The van der Waals surface area contributed by atoms with Crippen LogP contribution in [0.5, 0.6) is 5.75 Å². The van der Waals surface area contributed by atoms with Gasteiger partial charge in [-0.3, -0.25) is 0 Å². The number of phenols is 1. The standard InChI is InChI=1S/C18H23NO2/c1-13(12-15-6-4-3-5-7-15)19-14(2)18(21)16-8-10-17(20)11-9-16/h3-11,13-14,18-21H,12H2,1-2H3. The lowest BCUT2D eigenvalue weighted by molar-refractivity contribution is 0.130. The highest BCUT2D eigenvalue weighted by atomic mass is 16.3. The minimum atomic E-state index is -0.594. The first kappa shape index (κ1) is 15.5. The highest BCUT2D eigenvalue weighted by Crippen LogP contribution is 2.20. The summed E-state index contributed by atoms with van der Waals surface area (Å²) in [4.78, 5) is 0. The monoisotopic (exact) mass is 285 g/mol. The molecule has 2 aromatic rings. The molecule has 0 aliphatic heterocycles. The van der Waals surface area contributed by atoms with E-state index in [-0.39, 0.29) is 17.8 Å². The highest BCUT2D eigenvalue weighted by Gasteiger charge is 2.18. The van der Waals surface area contributed by atoms with Crippen LogP contribution >= 0.6 is 0 Å². The second kappa shape index (κ2) is 7.25. The molecule has 2 aromatic carbocycles. The van der Waals surface area contributed by atoms with Gasteiger partial charge in [0.2, 0.25) is 0 Å². The molecule has 3 unspecified atom stereocenters. The van der Waals surface area contributed by atoms with Crippen molar-refractivity contribution in [2.75, 3.05) is 0 Å². The fourth-order valence-electron chi connectivity index (χ4n) is 2.53. The molecule has 3 nitrogen and oxygen atoms in total. The predicted octanol–water partition coefficient (Wildman–Crippen LogP) is 3.03. The Hall–Kier alpha value is -1.84. The van der Waals surface area contributed by atoms with Crippen LogP contribution in [0.25, 0.3) is 0 Å². The maximum absolute atomic E-state index is 10.4. The fourth-order valence-corrected chi connectivity index (χ4v) is 2.53. The minimum absolute atomic E-state index is 0.0618. The molecule has 0 radical (unpaired) electrons. The van der Waals surface area contributed by atoms with E-state index in [0.717, 1.165) is 12.0 Å². The van der Waals surface area contributed by atoms with E-state index in [2.05, 4.69) is 24.4 Å². The summed E-state index contributed by atoms with van der Waals surface area (Å²) in [5, 5.41) is 23.1. The molecule has 0 amide bonds. The average molecular weight is 285 g/mol. The topological polar surface area (TPSA) is 52.5 Å². The van der Waals surface area contributed by atoms with Crippen LogP contribution in [0, 0.1) is 0 Å². The van der Waals surface area contributed by atoms with E-state index in [4.69, 9.17) is 0 Å². The lowest BCUT2D eigenvalue weighted by Gasteiger charge is -2.25. The molecule has 0 aromatic heterocycles. The van der Waals surface area contributed by atoms with Crippen LogP contribution in [0.3, 0.4) is 0 Å². The van der Waals surface area contributed by atoms with Crippen molar-refractivity contribution in [2.24, 2.45) is 0 Å². The van der Waals surface area contributed by atoms with Crippen molar-refractivity contribution in [3.05, 3.63) is 65.7 Å². The molecule has 3 atom stereocenters. The molecule has 2 rings (SSSR count). The van der Waals surface area contributed by atoms with Gasteiger partial charge in [0.1, 0.15) is 5.75 Å². The summed E-state index contributed by atoms with van der Waals surface area (Å²) < 4.78 is 0. The molecule has 0 saturated carbocycles. The molecule has 3 N–H and O–H groups in total. The van der Waals surface area contributed by atoms with Crippen LogP contribution in [0.4, 0.5) is 0 Å². The number of hydrogen-bond donors (Lipinski definition) is 3. The van der Waals surface area contributed by atoms with E-state index in [1.807, 2.05) is 25.1 Å². The Morgan fingerprint density at radius 3 is 2.19 bits per heavy atom. The van der Waals surface area contributed by atoms with Gasteiger partial charge in [0.25, 0.3) is 0 Å². The maximum Gasteiger partial charge on any atom is 0.115 e. The van der Waals surface area contributed by atoms with Gasteiger partial charge in [-0.25, -0.2) is 0 Å². The molecule has 0 spiro atoms. The third-order valence-corrected chi connectivity index (χ3v) is 3.64. The predicted molar refractivity (Wildman–Crippen MR) is 85.3 cm³/mol. The van der Waals surface area contributed by atoms with Crippen LogP contribution in [-0.2, 0) is 6.42 Å². The summed E-state index contributed by atoms with van der Waals surface area (Å²) in [6.07, 6.45) is 0.330. The molecule has 21 heavy (non-hydrogen) atoms. The lowest BCUT2D eigenvalue weighted by Crippen LogP contribution is -2.39. The van der Waals surface area contributed by atoms with Gasteiger partial charge >= 0.3 is 0 Å². The van der Waals surface area contributed by atoms with Gasteiger partial charge in [-0.15, -0.1) is 0 Å². The zero-order valence-corrected chi connectivity index (χ0v) is 12.5. The highest BCUT2D eigenvalue weighted by molar-refractivity contribution is 5.28. The first-order valence-electron chi connectivity index (χ1n) is 7.33. The van der Waals surface area contributed by atoms with Crippen LogP contribution < -0.4 is 5.32 Å². The molecule has 112 valence electrons. The summed E-state index contributed by atoms with van der Waals surface area (Å²) in [7, 11) is 0. The van der Waals surface area contributed by atoms with Gasteiger partial charge in [-0.2, -0.15) is 0 Å². The largest absolute Gasteiger partial charge is 0.508 e. The Labute approximate surface area is 126 Å². The van der Waals surface area contributed by atoms with Crippen molar-refractivity contribution in [1.29, 1.82) is 0 Å². The molecular weight excluding hydrogens is 262 g/mol. The number of nitrogens with one attached hydrogen (secondary N) is 1. The van der Waals surface area contributed by atoms with Gasteiger partial charge < -0.3 is 15.5 Å². The Kier molecular flexibility index (Phi) is 5.37. The zero-order valence-electron chi connectivity index (χ0n) is 12.5. The Morgan fingerprint density at radius 2 is 1.57 bits per heavy atom. The lowest BCUT2D eigenvalue weighted by atomic mass is 10.0. The summed E-state index contributed by atoms with van der Waals surface area (Å²) >= 11 is 0. The normalized spacial score (nSPS) is 15.4. The Bertz CT molecular complexity index is 539. The molecule has 0 aliphatic carbocycles. The number of aliphatic hydroxyl groups is 1. The van der Waals surface area contributed by atoms with Crippen LogP contribution in [0.2, 0.25) is 0 Å². The summed E-state index contributed by atoms with van der Waals surface area (Å²) in [6, 6.07) is 17.2. The smallest absolute Gasteiger partial charge is 0.115 e. The van der Waals surface area contributed by atoms with Crippen molar-refractivity contribution in [2.45, 2.75) is 38.5 Å². The second-order valence-electron chi connectivity index (χ2n) is 5.58. The first-order chi connectivity index (χ1) is 10.1. The van der Waals surface area contributed by atoms with Gasteiger partial charge in [-0.05, 0) is 43.5 Å². The first-order valence-corrected chi connectivity index (χ1v) is 7.33. The van der Waals surface area contributed by atoms with Gasteiger partial charge in [-0.1, -0.05) is 42.5 Å². The molecule has 0 bridgehead atoms. The van der Waals surface area contributed by atoms with E-state index in [1.165, 1.54) is 5.56 Å². The molecule has 0 fully saturated rings. The molecular formula is C18H23NO2. The molecule has 0 heterocycles. The van der Waals surface area contributed by atoms with Crippen LogP contribution in [-0.4, -0.2) is 22.3 Å². The number of aliphatic hydroxyl groups excluding tert-OH is 1. The van der Waals surface area contributed by atoms with Crippen molar-refractivity contribution < 1.29 is 10.2 Å². The number of phenolic OH excluding ortho intramolecular Hbond substituents is 1. The van der Waals surface area contributed by atoms with Crippen molar-refractivity contribution >= 4 is 0 Å². The molecule has 3 heteroatoms. The summed E-state index contributed by atoms with van der Waals surface area (Å²) in [6.45, 7) is 4.09. The number of benzene rings is 2. The van der Waals surface area contributed by atoms with Crippen LogP contribution in [0.1, 0.15) is 31.1 Å². The molecule has 0 saturated heterocycles. The van der Waals surface area contributed by atoms with Crippen molar-refractivity contribution in [1.82, 2.24) is 5.32 Å². The maximum atomic E-state index is 10.4. The van der Waals surface area contributed by atoms with Gasteiger partial charge in [0, 0.05) is 12.1 Å². The van der Waals surface area contributed by atoms with Gasteiger partial charge in [0.15, 0.2) is 0 Å². The summed E-state index contributed by atoms with van der Waals surface area (Å²) in [5.74, 6) is 0.212. The van der Waals surface area contributed by atoms with Crippen LogP contribution in [0.15, 0.2) is 54.6 Å². The third kappa shape index (κ3) is 4.59. The third-order valence-electron chi connectivity index (χ3n) is 3.64. The van der Waals surface area contributed by atoms with Gasteiger partial charge in [0.05, 0.1) is 6.10 Å². The zero-order chi connectivity index (χ0) is 15.2. The van der Waals surface area contributed by atoms with E-state index >= 15 is 0 Å². The Balaban J connectivity index is 1.91. The van der Waals surface area contributed by atoms with E-state index in [9.17, 15) is 10.2 Å². The minimum Gasteiger partial charge on any atom is -0.508 e. The quantitative estimate of drug-likeness (QED) is 0.764. The second-order valence-corrected chi connectivity index (χ2v) is 5.58. The average Bonchev–Trinajstić information content (AvgIpc) is 2.48. The number of hydrogen-bond acceptors (Lipinski definition) is 3. The van der Waals surface area contributed by atoms with E-state index in [0.29, 0.717) is 0 Å². The SMILES string of the molecule is CC(Cc1ccccc1)NC(C)C(O)c1ccc(O)cc1. The Morgan fingerprint density at radius 1 is 0.952 bits per heavy atom. The number of aromatic hydroxyl groups is 1. The van der Waals surface area contributed by atoms with E-state index < -0.39 is 6.10 Å².